The second-order valence-corrected chi connectivity index (χ2v) is 14.8. The van der Waals surface area contributed by atoms with Crippen molar-refractivity contribution in [2.24, 2.45) is 11.8 Å². The number of carbonyl (C=O) groups excluding carboxylic acids is 1. The molecular weight excluding hydrogens is 419 g/mol. The van der Waals surface area contributed by atoms with Crippen LogP contribution in [0.3, 0.4) is 0 Å². The van der Waals surface area contributed by atoms with Crippen LogP contribution in [-0.4, -0.2) is 26.0 Å². The Morgan fingerprint density at radius 3 is 2.53 bits per heavy atom. The smallest absolute Gasteiger partial charge is 0.334 e. The maximum atomic E-state index is 14.4. The van der Waals surface area contributed by atoms with Crippen LogP contribution in [0.1, 0.15) is 65.9 Å². The molecule has 4 atom stereocenters. The highest BCUT2D eigenvalue weighted by Gasteiger charge is 2.57. The fraction of sp³-hybridized carbons (Fsp3) is 0.593. The van der Waals surface area contributed by atoms with Gasteiger partial charge in [0.15, 0.2) is 8.32 Å². The molecule has 1 saturated carbocycles. The average Bonchev–Trinajstić information content (AvgIpc) is 3.23. The molecule has 0 N–H and O–H groups in total. The Balaban J connectivity index is 1.74. The maximum Gasteiger partial charge on any atom is 0.334 e. The summed E-state index contributed by atoms with van der Waals surface area (Å²) in [5.41, 5.74) is 3.62. The standard InChI is InChI=1S/C27H37FO3Si/c1-6-32(7-2,8-3)31-27(5)16-15-20-18(4)13-14-21-22(26(29)30-25(21)24(20)27)17-19-11-9-10-12-23(19)28/h9-12,17,21,24-25H,6-8,13-16H2,1-5H3/b22-17+/t21-,24-,25-,27+/m0/s1. The van der Waals surface area contributed by atoms with Crippen LogP contribution in [0.25, 0.3) is 6.08 Å². The third-order valence-electron chi connectivity index (χ3n) is 8.50. The van der Waals surface area contributed by atoms with Crippen LogP contribution < -0.4 is 0 Å². The van der Waals surface area contributed by atoms with E-state index in [0.29, 0.717) is 11.1 Å². The van der Waals surface area contributed by atoms with Gasteiger partial charge in [-0.25, -0.2) is 9.18 Å². The highest BCUT2D eigenvalue weighted by atomic mass is 28.4. The van der Waals surface area contributed by atoms with Crippen molar-refractivity contribution in [3.8, 4) is 0 Å². The van der Waals surface area contributed by atoms with E-state index in [1.807, 2.05) is 0 Å². The zero-order chi connectivity index (χ0) is 23.1. The number of esters is 1. The Morgan fingerprint density at radius 2 is 1.88 bits per heavy atom. The van der Waals surface area contributed by atoms with Crippen molar-refractivity contribution in [3.05, 3.63) is 52.4 Å². The Labute approximate surface area is 193 Å². The van der Waals surface area contributed by atoms with Gasteiger partial charge in [0.25, 0.3) is 0 Å². The zero-order valence-electron chi connectivity index (χ0n) is 20.2. The van der Waals surface area contributed by atoms with Crippen molar-refractivity contribution >= 4 is 20.4 Å². The number of allylic oxidation sites excluding steroid dienone is 1. The number of rotatable bonds is 6. The molecule has 2 fully saturated rings. The van der Waals surface area contributed by atoms with Crippen LogP contribution in [0.2, 0.25) is 18.1 Å². The molecule has 2 aliphatic carbocycles. The van der Waals surface area contributed by atoms with Crippen LogP contribution in [0.5, 0.6) is 0 Å². The molecule has 0 unspecified atom stereocenters. The van der Waals surface area contributed by atoms with Gasteiger partial charge in [0.05, 0.1) is 5.60 Å². The van der Waals surface area contributed by atoms with Crippen LogP contribution in [-0.2, 0) is 14.0 Å². The van der Waals surface area contributed by atoms with E-state index in [0.717, 1.165) is 43.8 Å². The number of benzene rings is 1. The molecule has 0 aromatic heterocycles. The quantitative estimate of drug-likeness (QED) is 0.199. The first-order chi connectivity index (χ1) is 15.3. The lowest BCUT2D eigenvalue weighted by molar-refractivity contribution is -0.143. The predicted molar refractivity (Wildman–Crippen MR) is 129 cm³/mol. The van der Waals surface area contributed by atoms with Gasteiger partial charge in [0, 0.05) is 23.0 Å². The van der Waals surface area contributed by atoms with E-state index in [4.69, 9.17) is 9.16 Å². The first kappa shape index (κ1) is 23.4. The van der Waals surface area contributed by atoms with Gasteiger partial charge in [-0.2, -0.15) is 0 Å². The molecule has 1 aromatic rings. The molecule has 4 rings (SSSR count). The number of halogens is 1. The lowest BCUT2D eigenvalue weighted by Crippen LogP contribution is -2.51. The zero-order valence-corrected chi connectivity index (χ0v) is 21.2. The molecule has 1 heterocycles. The maximum absolute atomic E-state index is 14.4. The molecule has 0 radical (unpaired) electrons. The van der Waals surface area contributed by atoms with Gasteiger partial charge in [-0.3, -0.25) is 0 Å². The summed E-state index contributed by atoms with van der Waals surface area (Å²) in [6.07, 6.45) is 5.30. The summed E-state index contributed by atoms with van der Waals surface area (Å²) in [5.74, 6) is -0.538. The van der Waals surface area contributed by atoms with E-state index >= 15 is 0 Å². The van der Waals surface area contributed by atoms with Crippen LogP contribution in [0.15, 0.2) is 41.0 Å². The molecular formula is C27H37FO3Si. The first-order valence-corrected chi connectivity index (χ1v) is 14.9. The van der Waals surface area contributed by atoms with Crippen molar-refractivity contribution in [2.45, 2.75) is 90.1 Å². The van der Waals surface area contributed by atoms with E-state index in [2.05, 4.69) is 34.6 Å². The minimum absolute atomic E-state index is 0.0264. The lowest BCUT2D eigenvalue weighted by atomic mass is 9.79. The van der Waals surface area contributed by atoms with Gasteiger partial charge in [-0.1, -0.05) is 50.1 Å². The fourth-order valence-electron chi connectivity index (χ4n) is 6.34. The number of hydrogen-bond acceptors (Lipinski definition) is 3. The number of carbonyl (C=O) groups is 1. The van der Waals surface area contributed by atoms with Gasteiger partial charge in [-0.05, 0) is 69.8 Å². The molecule has 32 heavy (non-hydrogen) atoms. The second kappa shape index (κ2) is 8.90. The molecule has 0 amide bonds. The molecule has 1 saturated heterocycles. The monoisotopic (exact) mass is 456 g/mol. The Bertz CT molecular complexity index is 940. The molecule has 1 aromatic carbocycles. The predicted octanol–water partition coefficient (Wildman–Crippen LogP) is 7.05. The van der Waals surface area contributed by atoms with Crippen LogP contribution in [0, 0.1) is 17.7 Å². The number of fused-ring (bicyclic) bond motifs is 3. The van der Waals surface area contributed by atoms with Gasteiger partial charge in [-0.15, -0.1) is 0 Å². The summed E-state index contributed by atoms with van der Waals surface area (Å²) in [6, 6.07) is 9.95. The summed E-state index contributed by atoms with van der Waals surface area (Å²) in [5, 5.41) is 0. The number of hydrogen-bond donors (Lipinski definition) is 0. The molecule has 0 spiro atoms. The SMILES string of the molecule is CC[Si](CC)(CC)O[C@]1(C)CCC2=C(C)CC[C@H]3/C(=C\c4ccccc4F)C(=O)O[C@@H]3[C@H]21. The average molecular weight is 457 g/mol. The summed E-state index contributed by atoms with van der Waals surface area (Å²) in [7, 11) is -1.84. The fourth-order valence-corrected chi connectivity index (χ4v) is 9.49. The second-order valence-electron chi connectivity index (χ2n) is 10.1. The lowest BCUT2D eigenvalue weighted by Gasteiger charge is -2.43. The topological polar surface area (TPSA) is 35.5 Å². The van der Waals surface area contributed by atoms with Gasteiger partial charge >= 0.3 is 5.97 Å². The largest absolute Gasteiger partial charge is 0.458 e. The van der Waals surface area contributed by atoms with Gasteiger partial charge < -0.3 is 9.16 Å². The van der Waals surface area contributed by atoms with Crippen molar-refractivity contribution in [2.75, 3.05) is 0 Å². The summed E-state index contributed by atoms with van der Waals surface area (Å²) in [4.78, 5) is 13.0. The van der Waals surface area contributed by atoms with E-state index in [1.165, 1.54) is 17.2 Å². The Kier molecular flexibility index (Phi) is 6.52. The van der Waals surface area contributed by atoms with E-state index in [1.54, 1.807) is 24.3 Å². The van der Waals surface area contributed by atoms with Crippen LogP contribution >= 0.6 is 0 Å². The van der Waals surface area contributed by atoms with E-state index in [-0.39, 0.29) is 35.3 Å². The third kappa shape index (κ3) is 3.92. The summed E-state index contributed by atoms with van der Waals surface area (Å²) >= 11 is 0. The minimum Gasteiger partial charge on any atom is -0.458 e. The molecule has 3 nitrogen and oxygen atoms in total. The highest BCUT2D eigenvalue weighted by Crippen LogP contribution is 2.55. The normalized spacial score (nSPS) is 31.5. The molecule has 174 valence electrons. The van der Waals surface area contributed by atoms with Gasteiger partial charge in [0.2, 0.25) is 0 Å². The third-order valence-corrected chi connectivity index (χ3v) is 13.3. The Hall–Kier alpha value is -1.72. The summed E-state index contributed by atoms with van der Waals surface area (Å²) in [6.45, 7) is 11.3. The highest BCUT2D eigenvalue weighted by molar-refractivity contribution is 6.73. The molecule has 5 heteroatoms. The van der Waals surface area contributed by atoms with Crippen molar-refractivity contribution in [3.63, 3.8) is 0 Å². The minimum atomic E-state index is -1.84. The van der Waals surface area contributed by atoms with E-state index in [9.17, 15) is 9.18 Å². The van der Waals surface area contributed by atoms with Crippen molar-refractivity contribution in [1.29, 1.82) is 0 Å². The summed E-state index contributed by atoms with van der Waals surface area (Å²) < 4.78 is 27.6. The molecule has 0 bridgehead atoms. The van der Waals surface area contributed by atoms with Crippen LogP contribution in [0.4, 0.5) is 4.39 Å². The van der Waals surface area contributed by atoms with E-state index < -0.39 is 8.32 Å². The van der Waals surface area contributed by atoms with Crippen molar-refractivity contribution in [1.82, 2.24) is 0 Å². The number of ether oxygens (including phenoxy) is 1. The van der Waals surface area contributed by atoms with Gasteiger partial charge in [0.1, 0.15) is 11.9 Å². The molecule has 3 aliphatic rings. The molecule has 1 aliphatic heterocycles. The van der Waals surface area contributed by atoms with Crippen molar-refractivity contribution < 1.29 is 18.3 Å². The Morgan fingerprint density at radius 1 is 1.19 bits per heavy atom. The first-order valence-electron chi connectivity index (χ1n) is 12.3.